The molecule has 1 N–H and O–H groups in total. The van der Waals surface area contributed by atoms with Gasteiger partial charge in [-0.05, 0) is 40.6 Å². The maximum absolute atomic E-state index is 4.08. The zero-order chi connectivity index (χ0) is 11.4. The van der Waals surface area contributed by atoms with Crippen LogP contribution in [-0.2, 0) is 0 Å². The molecule has 0 bridgehead atoms. The molecule has 1 fully saturated rings. The molecule has 1 saturated carbocycles. The summed E-state index contributed by atoms with van der Waals surface area (Å²) in [6.45, 7) is 2.24. The van der Waals surface area contributed by atoms with Crippen LogP contribution in [0.2, 0.25) is 0 Å². The Morgan fingerprint density at radius 3 is 3.19 bits per heavy atom. The summed E-state index contributed by atoms with van der Waals surface area (Å²) in [6.07, 6.45) is 7.66. The number of aromatic nitrogens is 1. The third-order valence-electron chi connectivity index (χ3n) is 2.95. The van der Waals surface area contributed by atoms with Crippen LogP contribution in [0.5, 0.6) is 0 Å². The van der Waals surface area contributed by atoms with E-state index in [0.717, 1.165) is 9.72 Å². The maximum atomic E-state index is 4.08. The van der Waals surface area contributed by atoms with Gasteiger partial charge in [0.2, 0.25) is 0 Å². The van der Waals surface area contributed by atoms with Gasteiger partial charge in [0.25, 0.3) is 0 Å². The Bertz CT molecular complexity index is 346. The van der Waals surface area contributed by atoms with Crippen molar-refractivity contribution >= 4 is 33.4 Å². The van der Waals surface area contributed by atoms with Crippen molar-refractivity contribution in [2.45, 2.75) is 37.5 Å². The minimum absolute atomic E-state index is 0.614. The van der Waals surface area contributed by atoms with E-state index in [1.165, 1.54) is 30.7 Å². The van der Waals surface area contributed by atoms with Gasteiger partial charge in [0.15, 0.2) is 0 Å². The molecule has 1 aromatic heterocycles. The van der Waals surface area contributed by atoms with E-state index in [2.05, 4.69) is 44.9 Å². The van der Waals surface area contributed by atoms with Crippen molar-refractivity contribution in [3.63, 3.8) is 0 Å². The van der Waals surface area contributed by atoms with Crippen LogP contribution in [0.25, 0.3) is 0 Å². The summed E-state index contributed by atoms with van der Waals surface area (Å²) in [6, 6.07) is 2.65. The summed E-state index contributed by atoms with van der Waals surface area (Å²) in [5, 5.41) is 4.40. The molecule has 1 heterocycles. The first kappa shape index (κ1) is 12.2. The molecule has 0 aromatic carbocycles. The first-order valence-electron chi connectivity index (χ1n) is 5.79. The Hall–Kier alpha value is -0.220. The number of nitrogens with zero attached hydrogens (tertiary/aromatic N) is 1. The lowest BCUT2D eigenvalue weighted by Gasteiger charge is -2.21. The van der Waals surface area contributed by atoms with Gasteiger partial charge in [-0.25, -0.2) is 0 Å². The van der Waals surface area contributed by atoms with Gasteiger partial charge in [0, 0.05) is 23.7 Å². The highest BCUT2D eigenvalue weighted by atomic mass is 79.9. The van der Waals surface area contributed by atoms with Gasteiger partial charge in [0.05, 0.1) is 10.2 Å². The second-order valence-corrected chi connectivity index (χ2v) is 6.40. The van der Waals surface area contributed by atoms with E-state index in [-0.39, 0.29) is 0 Å². The van der Waals surface area contributed by atoms with Crippen molar-refractivity contribution < 1.29 is 0 Å². The highest BCUT2D eigenvalue weighted by molar-refractivity contribution is 9.10. The van der Waals surface area contributed by atoms with Crippen LogP contribution in [0.1, 0.15) is 26.2 Å². The van der Waals surface area contributed by atoms with Crippen LogP contribution in [0.15, 0.2) is 22.9 Å². The second-order valence-electron chi connectivity index (χ2n) is 4.03. The molecule has 2 atom stereocenters. The van der Waals surface area contributed by atoms with Gasteiger partial charge in [-0.15, -0.1) is 0 Å². The van der Waals surface area contributed by atoms with E-state index in [1.54, 1.807) is 0 Å². The lowest BCUT2D eigenvalue weighted by atomic mass is 10.2. The van der Waals surface area contributed by atoms with Crippen LogP contribution in [0, 0.1) is 0 Å². The first-order valence-corrected chi connectivity index (χ1v) is 7.63. The topological polar surface area (TPSA) is 24.9 Å². The fourth-order valence-corrected chi connectivity index (χ4v) is 3.76. The number of thioether (sulfide) groups is 1. The normalized spacial score (nSPS) is 24.6. The van der Waals surface area contributed by atoms with Crippen molar-refractivity contribution in [3.8, 4) is 0 Å². The van der Waals surface area contributed by atoms with Crippen molar-refractivity contribution in [2.75, 3.05) is 11.1 Å². The smallest absolute Gasteiger partial charge is 0.0590 e. The molecular formula is C12H17BrN2S. The van der Waals surface area contributed by atoms with Gasteiger partial charge in [-0.2, -0.15) is 11.8 Å². The monoisotopic (exact) mass is 300 g/mol. The molecule has 0 saturated heterocycles. The SMILES string of the molecule is CCS[C@H]1CCC[C@H]1Nc1ccncc1Br. The van der Waals surface area contributed by atoms with Crippen molar-refractivity contribution in [1.82, 2.24) is 4.98 Å². The van der Waals surface area contributed by atoms with E-state index in [9.17, 15) is 0 Å². The highest BCUT2D eigenvalue weighted by Gasteiger charge is 2.27. The minimum Gasteiger partial charge on any atom is -0.380 e. The molecular weight excluding hydrogens is 284 g/mol. The Kier molecular flexibility index (Phi) is 4.53. The first-order chi connectivity index (χ1) is 7.81. The Morgan fingerprint density at radius 1 is 1.56 bits per heavy atom. The van der Waals surface area contributed by atoms with Gasteiger partial charge in [-0.1, -0.05) is 13.3 Å². The summed E-state index contributed by atoms with van der Waals surface area (Å²) in [7, 11) is 0. The molecule has 0 unspecified atom stereocenters. The van der Waals surface area contributed by atoms with Crippen molar-refractivity contribution in [1.29, 1.82) is 0 Å². The number of rotatable bonds is 4. The molecule has 1 aromatic rings. The van der Waals surface area contributed by atoms with Crippen molar-refractivity contribution in [2.24, 2.45) is 0 Å². The lowest BCUT2D eigenvalue weighted by molar-refractivity contribution is 0.767. The van der Waals surface area contributed by atoms with E-state index in [4.69, 9.17) is 0 Å². The summed E-state index contributed by atoms with van der Waals surface area (Å²) < 4.78 is 1.06. The average Bonchev–Trinajstić information content (AvgIpc) is 2.70. The highest BCUT2D eigenvalue weighted by Crippen LogP contribution is 2.33. The number of hydrogen-bond donors (Lipinski definition) is 1. The molecule has 0 radical (unpaired) electrons. The summed E-state index contributed by atoms with van der Waals surface area (Å²) in [4.78, 5) is 4.08. The summed E-state index contributed by atoms with van der Waals surface area (Å²) in [5.41, 5.74) is 1.17. The Balaban J connectivity index is 2.01. The largest absolute Gasteiger partial charge is 0.380 e. The summed E-state index contributed by atoms with van der Waals surface area (Å²) >= 11 is 5.61. The van der Waals surface area contributed by atoms with Crippen molar-refractivity contribution in [3.05, 3.63) is 22.9 Å². The minimum atomic E-state index is 0.614. The maximum Gasteiger partial charge on any atom is 0.0590 e. The van der Waals surface area contributed by atoms with Gasteiger partial charge in [0.1, 0.15) is 0 Å². The van der Waals surface area contributed by atoms with E-state index in [0.29, 0.717) is 6.04 Å². The van der Waals surface area contributed by atoms with E-state index in [1.807, 2.05) is 18.5 Å². The lowest BCUT2D eigenvalue weighted by Crippen LogP contribution is -2.26. The Labute approximate surface area is 110 Å². The molecule has 1 aliphatic rings. The predicted molar refractivity (Wildman–Crippen MR) is 75.1 cm³/mol. The molecule has 0 amide bonds. The van der Waals surface area contributed by atoms with Gasteiger partial charge < -0.3 is 5.32 Å². The van der Waals surface area contributed by atoms with E-state index >= 15 is 0 Å². The number of anilines is 1. The van der Waals surface area contributed by atoms with Crippen LogP contribution in [0.4, 0.5) is 5.69 Å². The third kappa shape index (κ3) is 2.92. The second kappa shape index (κ2) is 5.92. The number of nitrogens with one attached hydrogen (secondary N) is 1. The molecule has 1 aliphatic carbocycles. The summed E-state index contributed by atoms with van der Waals surface area (Å²) in [5.74, 6) is 1.21. The number of hydrogen-bond acceptors (Lipinski definition) is 3. The standard InChI is InChI=1S/C12H17BrN2S/c1-2-16-12-5-3-4-11(12)15-10-6-7-14-8-9(10)13/h6-8,11-12H,2-5H2,1H3,(H,14,15)/t11-,12+/m1/s1. The van der Waals surface area contributed by atoms with E-state index < -0.39 is 0 Å². The predicted octanol–water partition coefficient (Wildman–Crippen LogP) is 3.93. The van der Waals surface area contributed by atoms with Gasteiger partial charge in [-0.3, -0.25) is 4.98 Å². The third-order valence-corrected chi connectivity index (χ3v) is 4.90. The molecule has 16 heavy (non-hydrogen) atoms. The molecule has 0 aliphatic heterocycles. The number of pyridine rings is 1. The quantitative estimate of drug-likeness (QED) is 0.912. The number of halogens is 1. The fraction of sp³-hybridized carbons (Fsp3) is 0.583. The fourth-order valence-electron chi connectivity index (χ4n) is 2.20. The molecule has 2 rings (SSSR count). The van der Waals surface area contributed by atoms with Gasteiger partial charge >= 0.3 is 0 Å². The molecule has 0 spiro atoms. The molecule has 88 valence electrons. The Morgan fingerprint density at radius 2 is 2.44 bits per heavy atom. The van der Waals surface area contributed by atoms with Crippen LogP contribution in [-0.4, -0.2) is 22.0 Å². The molecule has 4 heteroatoms. The van der Waals surface area contributed by atoms with Crippen LogP contribution in [0.3, 0.4) is 0 Å². The zero-order valence-corrected chi connectivity index (χ0v) is 11.9. The average molecular weight is 301 g/mol. The molecule has 2 nitrogen and oxygen atoms in total. The van der Waals surface area contributed by atoms with Crippen LogP contribution < -0.4 is 5.32 Å². The van der Waals surface area contributed by atoms with Crippen LogP contribution >= 0.6 is 27.7 Å². The zero-order valence-electron chi connectivity index (χ0n) is 9.45.